The van der Waals surface area contributed by atoms with Crippen LogP contribution in [0.2, 0.25) is 5.02 Å². The molecule has 0 radical (unpaired) electrons. The van der Waals surface area contributed by atoms with Crippen molar-refractivity contribution in [2.45, 2.75) is 0 Å². The number of nitrogen functional groups attached to an aromatic ring is 1. The van der Waals surface area contributed by atoms with Crippen molar-refractivity contribution < 1.29 is 16.8 Å². The number of rotatable bonds is 4. The Balaban J connectivity index is 3.02. The molecule has 0 fully saturated rings. The van der Waals surface area contributed by atoms with Crippen LogP contribution >= 0.6 is 11.6 Å². The Bertz CT molecular complexity index is 625. The van der Waals surface area contributed by atoms with Gasteiger partial charge in [-0.1, -0.05) is 11.6 Å². The SMILES string of the molecule is CS(=O)(=O)CS(=O)(=O)Nc1cc(Cl)ccc1N. The summed E-state index contributed by atoms with van der Waals surface area (Å²) in [6, 6.07) is 4.21. The lowest BCUT2D eigenvalue weighted by Crippen LogP contribution is -2.22. The summed E-state index contributed by atoms with van der Waals surface area (Å²) in [4.78, 5) is 0. The van der Waals surface area contributed by atoms with Gasteiger partial charge < -0.3 is 5.73 Å². The quantitative estimate of drug-likeness (QED) is 0.794. The van der Waals surface area contributed by atoms with E-state index in [2.05, 4.69) is 4.72 Å². The van der Waals surface area contributed by atoms with Crippen LogP contribution in [0.3, 0.4) is 0 Å². The van der Waals surface area contributed by atoms with Crippen molar-refractivity contribution in [3.8, 4) is 0 Å². The summed E-state index contributed by atoms with van der Waals surface area (Å²) in [7, 11) is -7.66. The molecule has 3 N–H and O–H groups in total. The zero-order chi connectivity index (χ0) is 13.3. The first kappa shape index (κ1) is 14.1. The summed E-state index contributed by atoms with van der Waals surface area (Å²) in [6.45, 7) is 0. The average Bonchev–Trinajstić information content (AvgIpc) is 2.06. The number of hydrogen-bond acceptors (Lipinski definition) is 5. The number of hydrogen-bond donors (Lipinski definition) is 2. The van der Waals surface area contributed by atoms with Gasteiger partial charge in [-0.2, -0.15) is 0 Å². The standard InChI is InChI=1S/C8H11ClN2O4S2/c1-16(12,13)5-17(14,15)11-8-4-6(9)2-3-7(8)10/h2-4,11H,5,10H2,1H3. The fourth-order valence-corrected chi connectivity index (χ4v) is 4.27. The molecule has 1 rings (SSSR count). The maximum absolute atomic E-state index is 11.5. The van der Waals surface area contributed by atoms with E-state index in [1.807, 2.05) is 0 Å². The Morgan fingerprint density at radius 2 is 1.88 bits per heavy atom. The molecule has 96 valence electrons. The number of benzene rings is 1. The van der Waals surface area contributed by atoms with Crippen LogP contribution in [0.1, 0.15) is 0 Å². The molecule has 0 saturated carbocycles. The highest BCUT2D eigenvalue weighted by molar-refractivity contribution is 8.08. The molecular weight excluding hydrogens is 288 g/mol. The maximum Gasteiger partial charge on any atom is 0.247 e. The third kappa shape index (κ3) is 4.80. The van der Waals surface area contributed by atoms with Gasteiger partial charge in [0.2, 0.25) is 10.0 Å². The van der Waals surface area contributed by atoms with Crippen molar-refractivity contribution in [1.29, 1.82) is 0 Å². The molecule has 0 aliphatic heterocycles. The van der Waals surface area contributed by atoms with Crippen molar-refractivity contribution in [2.24, 2.45) is 0 Å². The second kappa shape index (κ2) is 4.71. The van der Waals surface area contributed by atoms with Gasteiger partial charge in [-0.25, -0.2) is 16.8 Å². The predicted molar refractivity (Wildman–Crippen MR) is 68.1 cm³/mol. The van der Waals surface area contributed by atoms with E-state index in [9.17, 15) is 16.8 Å². The zero-order valence-corrected chi connectivity index (χ0v) is 11.2. The average molecular weight is 299 g/mol. The van der Waals surface area contributed by atoms with Crippen LogP contribution in [0.4, 0.5) is 11.4 Å². The molecule has 0 atom stereocenters. The molecule has 1 aromatic carbocycles. The molecule has 0 heterocycles. The highest BCUT2D eigenvalue weighted by Gasteiger charge is 2.19. The smallest absolute Gasteiger partial charge is 0.247 e. The van der Waals surface area contributed by atoms with Gasteiger partial charge in [0.15, 0.2) is 14.9 Å². The molecular formula is C8H11ClN2O4S2. The van der Waals surface area contributed by atoms with Crippen LogP contribution in [0.5, 0.6) is 0 Å². The number of nitrogens with two attached hydrogens (primary N) is 1. The normalized spacial score (nSPS) is 12.4. The molecule has 0 aromatic heterocycles. The molecule has 0 amide bonds. The summed E-state index contributed by atoms with van der Waals surface area (Å²) >= 11 is 5.67. The molecule has 0 aliphatic carbocycles. The minimum absolute atomic E-state index is 0.0566. The third-order valence-corrected chi connectivity index (χ3v) is 5.37. The van der Waals surface area contributed by atoms with Crippen LogP contribution in [0, 0.1) is 0 Å². The molecule has 9 heteroatoms. The number of nitrogens with one attached hydrogen (secondary N) is 1. The van der Waals surface area contributed by atoms with Crippen LogP contribution < -0.4 is 10.5 Å². The lowest BCUT2D eigenvalue weighted by atomic mass is 10.3. The van der Waals surface area contributed by atoms with Gasteiger partial charge in [-0.05, 0) is 18.2 Å². The van der Waals surface area contributed by atoms with E-state index in [1.54, 1.807) is 0 Å². The fourth-order valence-electron chi connectivity index (χ4n) is 1.10. The van der Waals surface area contributed by atoms with Gasteiger partial charge >= 0.3 is 0 Å². The second-order valence-electron chi connectivity index (χ2n) is 3.49. The third-order valence-electron chi connectivity index (χ3n) is 1.65. The van der Waals surface area contributed by atoms with E-state index in [4.69, 9.17) is 17.3 Å². The highest BCUT2D eigenvalue weighted by atomic mass is 35.5. The van der Waals surface area contributed by atoms with Crippen molar-refractivity contribution in [2.75, 3.05) is 21.8 Å². The molecule has 1 aromatic rings. The first-order valence-electron chi connectivity index (χ1n) is 4.32. The van der Waals surface area contributed by atoms with Crippen molar-refractivity contribution in [3.63, 3.8) is 0 Å². The minimum Gasteiger partial charge on any atom is -0.397 e. The molecule has 6 nitrogen and oxygen atoms in total. The van der Waals surface area contributed by atoms with Gasteiger partial charge in [0.1, 0.15) is 0 Å². The van der Waals surface area contributed by atoms with E-state index >= 15 is 0 Å². The molecule has 0 bridgehead atoms. The van der Waals surface area contributed by atoms with E-state index in [0.717, 1.165) is 6.26 Å². The predicted octanol–water partition coefficient (Wildman–Crippen LogP) is 0.666. The van der Waals surface area contributed by atoms with E-state index < -0.39 is 24.9 Å². The summed E-state index contributed by atoms with van der Waals surface area (Å²) in [5, 5.41) is -0.720. The first-order valence-corrected chi connectivity index (χ1v) is 8.41. The highest BCUT2D eigenvalue weighted by Crippen LogP contribution is 2.24. The maximum atomic E-state index is 11.5. The molecule has 0 aliphatic rings. The van der Waals surface area contributed by atoms with Crippen LogP contribution in [-0.2, 0) is 19.9 Å². The van der Waals surface area contributed by atoms with Crippen LogP contribution in [-0.4, -0.2) is 28.2 Å². The van der Waals surface area contributed by atoms with Crippen molar-refractivity contribution >= 4 is 42.8 Å². The lowest BCUT2D eigenvalue weighted by molar-refractivity contribution is 0.595. The van der Waals surface area contributed by atoms with E-state index in [0.29, 0.717) is 0 Å². The van der Waals surface area contributed by atoms with Crippen molar-refractivity contribution in [1.82, 2.24) is 0 Å². The van der Waals surface area contributed by atoms with Gasteiger partial charge in [0.05, 0.1) is 11.4 Å². The number of anilines is 2. The Labute approximate surface area is 105 Å². The number of halogens is 1. The molecule has 0 saturated heterocycles. The second-order valence-corrected chi connectivity index (χ2v) is 8.16. The Morgan fingerprint density at radius 1 is 1.29 bits per heavy atom. The van der Waals surface area contributed by atoms with Crippen molar-refractivity contribution in [3.05, 3.63) is 23.2 Å². The Morgan fingerprint density at radius 3 is 2.41 bits per heavy atom. The summed E-state index contributed by atoms with van der Waals surface area (Å²) < 4.78 is 46.9. The van der Waals surface area contributed by atoms with E-state index in [1.165, 1.54) is 18.2 Å². The monoisotopic (exact) mass is 298 g/mol. The summed E-state index contributed by atoms with van der Waals surface area (Å²) in [5.74, 6) is 0. The minimum atomic E-state index is -4.01. The molecule has 17 heavy (non-hydrogen) atoms. The van der Waals surface area contributed by atoms with Gasteiger partial charge in [0, 0.05) is 11.3 Å². The molecule has 0 spiro atoms. The zero-order valence-electron chi connectivity index (χ0n) is 8.84. The number of sulfonamides is 1. The van der Waals surface area contributed by atoms with Crippen LogP contribution in [0.25, 0.3) is 0 Å². The molecule has 0 unspecified atom stereocenters. The van der Waals surface area contributed by atoms with E-state index in [-0.39, 0.29) is 16.4 Å². The first-order chi connectivity index (χ1) is 7.59. The number of sulfone groups is 1. The fraction of sp³-hybridized carbons (Fsp3) is 0.250. The van der Waals surface area contributed by atoms with Crippen LogP contribution in [0.15, 0.2) is 18.2 Å². The largest absolute Gasteiger partial charge is 0.397 e. The summed E-state index contributed by atoms with van der Waals surface area (Å²) in [6.07, 6.45) is 0.827. The van der Waals surface area contributed by atoms with Gasteiger partial charge in [-0.3, -0.25) is 4.72 Å². The summed E-state index contributed by atoms with van der Waals surface area (Å²) in [5.41, 5.74) is 5.74. The lowest BCUT2D eigenvalue weighted by Gasteiger charge is -2.09. The Kier molecular flexibility index (Phi) is 3.90. The Hall–Kier alpha value is -0.990. The van der Waals surface area contributed by atoms with Gasteiger partial charge in [0.25, 0.3) is 0 Å². The van der Waals surface area contributed by atoms with Gasteiger partial charge in [-0.15, -0.1) is 0 Å². The topological polar surface area (TPSA) is 106 Å².